The molecule has 5 rings (SSSR count). The Hall–Kier alpha value is -4.16. The van der Waals surface area contributed by atoms with Gasteiger partial charge in [-0.3, -0.25) is 4.90 Å². The third-order valence-electron chi connectivity index (χ3n) is 6.34. The first kappa shape index (κ1) is 24.5. The predicted molar refractivity (Wildman–Crippen MR) is 127 cm³/mol. The number of alkyl halides is 3. The molecule has 12 heteroatoms. The Morgan fingerprint density at radius 3 is 2.49 bits per heavy atom. The maximum atomic E-state index is 13.5. The van der Waals surface area contributed by atoms with Crippen LogP contribution in [0.2, 0.25) is 0 Å². The van der Waals surface area contributed by atoms with E-state index in [1.807, 2.05) is 6.07 Å². The standard InChI is InChI=1S/C25H19F3N6O2S/c1-15-21(30-2)22(18-10-8-16(13-29)9-11-18)34-24(31-23(32-34)37(35,36)14-17-6-7-17)33(15)20-5-3-4-19(12-20)25(26,27)28/h3-5,8-12,17,22H,6-7,14H2,1H3/t22-/m1/s1. The normalized spacial score (nSPS) is 17.8. The molecule has 8 nitrogen and oxygen atoms in total. The Balaban J connectivity index is 1.73. The summed E-state index contributed by atoms with van der Waals surface area (Å²) in [5.41, 5.74) is 0.517. The van der Waals surface area contributed by atoms with E-state index in [0.29, 0.717) is 11.1 Å². The van der Waals surface area contributed by atoms with Gasteiger partial charge in [-0.2, -0.15) is 23.4 Å². The number of benzene rings is 2. The summed E-state index contributed by atoms with van der Waals surface area (Å²) in [6, 6.07) is 12.0. The third kappa shape index (κ3) is 4.45. The fourth-order valence-corrected chi connectivity index (χ4v) is 5.85. The van der Waals surface area contributed by atoms with E-state index in [4.69, 9.17) is 11.8 Å². The zero-order chi connectivity index (χ0) is 26.5. The number of sulfone groups is 1. The van der Waals surface area contributed by atoms with Crippen LogP contribution >= 0.6 is 0 Å². The molecule has 0 radical (unpaired) electrons. The topological polar surface area (TPSA) is 96.2 Å². The second-order valence-corrected chi connectivity index (χ2v) is 10.9. The number of nitriles is 1. The third-order valence-corrected chi connectivity index (χ3v) is 7.98. The molecule has 0 amide bonds. The van der Waals surface area contributed by atoms with Crippen LogP contribution in [0.15, 0.2) is 65.1 Å². The second-order valence-electron chi connectivity index (χ2n) is 8.97. The monoisotopic (exact) mass is 524 g/mol. The van der Waals surface area contributed by atoms with Crippen molar-refractivity contribution in [2.75, 3.05) is 10.7 Å². The van der Waals surface area contributed by atoms with Crippen molar-refractivity contribution >= 4 is 21.5 Å². The van der Waals surface area contributed by atoms with Gasteiger partial charge in [0.05, 0.1) is 29.5 Å². The van der Waals surface area contributed by atoms with Gasteiger partial charge in [-0.1, -0.05) is 18.2 Å². The molecule has 2 aliphatic rings. The molecule has 1 aromatic heterocycles. The number of fused-ring (bicyclic) bond motifs is 1. The second kappa shape index (κ2) is 8.75. The summed E-state index contributed by atoms with van der Waals surface area (Å²) in [6.07, 6.45) is -3.03. The lowest BCUT2D eigenvalue weighted by atomic mass is 9.99. The Kier molecular flexibility index (Phi) is 5.80. The molecule has 37 heavy (non-hydrogen) atoms. The molecule has 0 bridgehead atoms. The van der Waals surface area contributed by atoms with Crippen LogP contribution in [0.1, 0.15) is 42.5 Å². The Morgan fingerprint density at radius 1 is 1.19 bits per heavy atom. The molecule has 1 atom stereocenters. The molecule has 0 unspecified atom stereocenters. The minimum Gasteiger partial charge on any atom is -0.294 e. The van der Waals surface area contributed by atoms with Gasteiger partial charge in [0.2, 0.25) is 21.5 Å². The minimum absolute atomic E-state index is 0.0204. The van der Waals surface area contributed by atoms with Gasteiger partial charge in [0.15, 0.2) is 0 Å². The molecule has 0 N–H and O–H groups in total. The van der Waals surface area contributed by atoms with E-state index in [-0.39, 0.29) is 34.7 Å². The largest absolute Gasteiger partial charge is 0.416 e. The van der Waals surface area contributed by atoms with E-state index in [0.717, 1.165) is 25.0 Å². The fourth-order valence-electron chi connectivity index (χ4n) is 4.31. The van der Waals surface area contributed by atoms with Crippen LogP contribution in [0.3, 0.4) is 0 Å². The van der Waals surface area contributed by atoms with Gasteiger partial charge in [0.1, 0.15) is 6.04 Å². The smallest absolute Gasteiger partial charge is 0.294 e. The van der Waals surface area contributed by atoms with Crippen molar-refractivity contribution in [2.45, 2.75) is 37.1 Å². The molecule has 1 aliphatic heterocycles. The number of hydrogen-bond acceptors (Lipinski definition) is 6. The van der Waals surface area contributed by atoms with Gasteiger partial charge in [-0.25, -0.2) is 17.9 Å². The van der Waals surface area contributed by atoms with Crippen molar-refractivity contribution in [3.63, 3.8) is 0 Å². The summed E-state index contributed by atoms with van der Waals surface area (Å²) in [5.74, 6) is -0.116. The molecule has 2 aromatic carbocycles. The zero-order valence-electron chi connectivity index (χ0n) is 19.4. The summed E-state index contributed by atoms with van der Waals surface area (Å²) >= 11 is 0. The summed E-state index contributed by atoms with van der Waals surface area (Å²) in [5, 5.41) is 13.0. The summed E-state index contributed by atoms with van der Waals surface area (Å²) < 4.78 is 67.9. The van der Waals surface area contributed by atoms with Crippen LogP contribution in [0, 0.1) is 23.8 Å². The van der Waals surface area contributed by atoms with Crippen LogP contribution in [-0.4, -0.2) is 28.9 Å². The molecule has 1 saturated carbocycles. The molecule has 0 spiro atoms. The van der Waals surface area contributed by atoms with Gasteiger partial charge >= 0.3 is 6.18 Å². The highest BCUT2D eigenvalue weighted by molar-refractivity contribution is 7.91. The SMILES string of the molecule is [C-]#[N+]C1=C(C)N(c2cccc(C(F)(F)F)c2)c2nc(S(=O)(=O)CC3CC3)nn2[C@@H]1c1ccc(C#N)cc1. The molecular weight excluding hydrogens is 505 g/mol. The van der Waals surface area contributed by atoms with E-state index in [1.165, 1.54) is 21.7 Å². The van der Waals surface area contributed by atoms with E-state index < -0.39 is 32.8 Å². The highest BCUT2D eigenvalue weighted by Crippen LogP contribution is 2.44. The van der Waals surface area contributed by atoms with Gasteiger partial charge in [-0.15, -0.1) is 5.10 Å². The Bertz CT molecular complexity index is 1610. The average molecular weight is 525 g/mol. The lowest BCUT2D eigenvalue weighted by Crippen LogP contribution is -2.30. The maximum Gasteiger partial charge on any atom is 0.416 e. The summed E-state index contributed by atoms with van der Waals surface area (Å²) in [7, 11) is -3.87. The molecule has 0 saturated heterocycles. The first-order valence-corrected chi connectivity index (χ1v) is 12.9. The Morgan fingerprint density at radius 2 is 1.89 bits per heavy atom. The summed E-state index contributed by atoms with van der Waals surface area (Å²) in [6.45, 7) is 9.45. The number of nitrogens with zero attached hydrogens (tertiary/aromatic N) is 6. The van der Waals surface area contributed by atoms with Crippen molar-refractivity contribution in [1.82, 2.24) is 14.8 Å². The lowest BCUT2D eigenvalue weighted by Gasteiger charge is -2.34. The number of halogens is 3. The van der Waals surface area contributed by atoms with Crippen molar-refractivity contribution in [2.24, 2.45) is 5.92 Å². The highest BCUT2D eigenvalue weighted by Gasteiger charge is 2.40. The van der Waals surface area contributed by atoms with Crippen molar-refractivity contribution in [1.29, 1.82) is 5.26 Å². The minimum atomic E-state index is -4.61. The van der Waals surface area contributed by atoms with Gasteiger partial charge < -0.3 is 0 Å². The van der Waals surface area contributed by atoms with E-state index in [2.05, 4.69) is 14.9 Å². The molecule has 1 aliphatic carbocycles. The van der Waals surface area contributed by atoms with Gasteiger partial charge in [0.25, 0.3) is 5.16 Å². The highest BCUT2D eigenvalue weighted by atomic mass is 32.2. The van der Waals surface area contributed by atoms with Crippen LogP contribution in [-0.2, 0) is 16.0 Å². The summed E-state index contributed by atoms with van der Waals surface area (Å²) in [4.78, 5) is 9.29. The molecule has 1 fully saturated rings. The Labute approximate surface area is 211 Å². The zero-order valence-corrected chi connectivity index (χ0v) is 20.3. The molecule has 3 aromatic rings. The predicted octanol–water partition coefficient (Wildman–Crippen LogP) is 5.24. The van der Waals surface area contributed by atoms with Crippen molar-refractivity contribution < 1.29 is 21.6 Å². The average Bonchev–Trinajstić information content (AvgIpc) is 3.55. The van der Waals surface area contributed by atoms with Crippen molar-refractivity contribution in [3.8, 4) is 6.07 Å². The maximum absolute atomic E-state index is 13.5. The first-order chi connectivity index (χ1) is 17.5. The van der Waals surface area contributed by atoms with E-state index >= 15 is 0 Å². The van der Waals surface area contributed by atoms with Gasteiger partial charge in [-0.05, 0) is 61.6 Å². The number of allylic oxidation sites excluding steroid dienone is 2. The van der Waals surface area contributed by atoms with Crippen LogP contribution in [0.5, 0.6) is 0 Å². The molecule has 2 heterocycles. The van der Waals surface area contributed by atoms with E-state index in [9.17, 15) is 21.6 Å². The molecule has 188 valence electrons. The van der Waals surface area contributed by atoms with Crippen LogP contribution in [0.25, 0.3) is 4.85 Å². The quantitative estimate of drug-likeness (QED) is 0.424. The number of aromatic nitrogens is 3. The number of rotatable bonds is 5. The number of anilines is 2. The first-order valence-electron chi connectivity index (χ1n) is 11.3. The van der Waals surface area contributed by atoms with E-state index in [1.54, 1.807) is 31.2 Å². The van der Waals surface area contributed by atoms with Gasteiger partial charge in [0, 0.05) is 11.4 Å². The van der Waals surface area contributed by atoms with Crippen LogP contribution < -0.4 is 4.90 Å². The fraction of sp³-hybridized carbons (Fsp3) is 0.280. The van der Waals surface area contributed by atoms with Crippen LogP contribution in [0.4, 0.5) is 24.8 Å². The number of hydrogen-bond donors (Lipinski definition) is 0. The van der Waals surface area contributed by atoms with Crippen molar-refractivity contribution in [3.05, 3.63) is 88.0 Å². The lowest BCUT2D eigenvalue weighted by molar-refractivity contribution is -0.137. The molecular formula is C25H19F3N6O2S.